The van der Waals surface area contributed by atoms with Gasteiger partial charge in [0.25, 0.3) is 5.69 Å². The average Bonchev–Trinajstić information content (AvgIpc) is 2.35. The molecule has 0 heterocycles. The number of nitrogens with two attached hydrogens (primary N) is 1. The lowest BCUT2D eigenvalue weighted by atomic mass is 10.3. The van der Waals surface area contributed by atoms with E-state index in [1.807, 2.05) is 0 Å². The highest BCUT2D eigenvalue weighted by molar-refractivity contribution is 6.37. The Labute approximate surface area is 118 Å². The van der Waals surface area contributed by atoms with E-state index in [0.29, 0.717) is 11.4 Å². The Morgan fingerprint density at radius 2 is 1.74 bits per heavy atom. The molecule has 0 aliphatic heterocycles. The Morgan fingerprint density at radius 3 is 2.26 bits per heavy atom. The number of rotatable bonds is 3. The molecule has 0 spiro atoms. The van der Waals surface area contributed by atoms with E-state index in [0.717, 1.165) is 0 Å². The van der Waals surface area contributed by atoms with E-state index in [9.17, 15) is 10.1 Å². The van der Waals surface area contributed by atoms with Gasteiger partial charge < -0.3 is 10.5 Å². The number of nitrogen functional groups attached to an aromatic ring is 1. The van der Waals surface area contributed by atoms with Crippen LogP contribution in [0.5, 0.6) is 11.5 Å². The first-order valence-corrected chi connectivity index (χ1v) is 5.90. The van der Waals surface area contributed by atoms with Gasteiger partial charge in [0.1, 0.15) is 5.75 Å². The maximum Gasteiger partial charge on any atom is 0.272 e. The summed E-state index contributed by atoms with van der Waals surface area (Å²) in [6, 6.07) is 9.12. The summed E-state index contributed by atoms with van der Waals surface area (Å²) in [5.41, 5.74) is 5.93. The molecule has 0 saturated heterocycles. The molecule has 2 rings (SSSR count). The number of hydrogen-bond donors (Lipinski definition) is 1. The number of nitro groups is 1. The molecule has 2 N–H and O–H groups in total. The van der Waals surface area contributed by atoms with Gasteiger partial charge in [-0.3, -0.25) is 10.1 Å². The summed E-state index contributed by atoms with van der Waals surface area (Å²) in [5.74, 6) is 0.506. The number of ether oxygens (including phenoxy) is 1. The van der Waals surface area contributed by atoms with Crippen LogP contribution >= 0.6 is 23.2 Å². The van der Waals surface area contributed by atoms with Crippen LogP contribution in [0, 0.1) is 10.1 Å². The average molecular weight is 299 g/mol. The third-order valence-electron chi connectivity index (χ3n) is 2.32. The fraction of sp³-hybridized carbons (Fsp3) is 0. The lowest BCUT2D eigenvalue weighted by Crippen LogP contribution is -1.94. The van der Waals surface area contributed by atoms with E-state index < -0.39 is 4.92 Å². The Bertz CT molecular complexity index is 624. The van der Waals surface area contributed by atoms with Gasteiger partial charge in [0.2, 0.25) is 0 Å². The molecule has 7 heteroatoms. The summed E-state index contributed by atoms with van der Waals surface area (Å²) in [7, 11) is 0. The Hall–Kier alpha value is -1.98. The number of nitrogens with zero attached hydrogens (tertiary/aromatic N) is 1. The van der Waals surface area contributed by atoms with Crippen LogP contribution in [0.2, 0.25) is 10.0 Å². The van der Waals surface area contributed by atoms with Crippen molar-refractivity contribution in [3.63, 3.8) is 0 Å². The van der Waals surface area contributed by atoms with Crippen molar-refractivity contribution in [2.45, 2.75) is 0 Å². The Kier molecular flexibility index (Phi) is 3.78. The summed E-state index contributed by atoms with van der Waals surface area (Å²) in [6.07, 6.45) is 0. The van der Waals surface area contributed by atoms with Crippen molar-refractivity contribution in [2.75, 3.05) is 5.73 Å². The highest BCUT2D eigenvalue weighted by Gasteiger charge is 2.16. The van der Waals surface area contributed by atoms with E-state index in [4.69, 9.17) is 33.7 Å². The molecule has 0 aliphatic rings. The highest BCUT2D eigenvalue weighted by Crippen LogP contribution is 2.40. The monoisotopic (exact) mass is 298 g/mol. The molecule has 19 heavy (non-hydrogen) atoms. The zero-order valence-electron chi connectivity index (χ0n) is 9.47. The van der Waals surface area contributed by atoms with Crippen LogP contribution in [0.25, 0.3) is 0 Å². The van der Waals surface area contributed by atoms with Crippen LogP contribution in [0.1, 0.15) is 0 Å². The molecule has 0 unspecified atom stereocenters. The second kappa shape index (κ2) is 5.34. The van der Waals surface area contributed by atoms with Gasteiger partial charge in [-0.15, -0.1) is 0 Å². The fourth-order valence-electron chi connectivity index (χ4n) is 1.43. The van der Waals surface area contributed by atoms with Crippen LogP contribution in [-0.4, -0.2) is 4.92 Å². The molecule has 0 atom stereocenters. The van der Waals surface area contributed by atoms with Crippen molar-refractivity contribution < 1.29 is 9.66 Å². The smallest absolute Gasteiger partial charge is 0.272 e. The van der Waals surface area contributed by atoms with Gasteiger partial charge in [0.05, 0.1) is 20.7 Å². The van der Waals surface area contributed by atoms with E-state index in [2.05, 4.69) is 0 Å². The lowest BCUT2D eigenvalue weighted by Gasteiger charge is -2.11. The SMILES string of the molecule is Nc1ccccc1Oc1c(Cl)cc([N+](=O)[O-])cc1Cl. The van der Waals surface area contributed by atoms with Crippen LogP contribution in [0.4, 0.5) is 11.4 Å². The molecule has 0 radical (unpaired) electrons. The van der Waals surface area contributed by atoms with Crippen molar-refractivity contribution in [1.82, 2.24) is 0 Å². The maximum atomic E-state index is 10.7. The van der Waals surface area contributed by atoms with Gasteiger partial charge in [-0.2, -0.15) is 0 Å². The second-order valence-electron chi connectivity index (χ2n) is 3.64. The van der Waals surface area contributed by atoms with E-state index in [1.165, 1.54) is 12.1 Å². The molecule has 0 aromatic heterocycles. The zero-order chi connectivity index (χ0) is 14.0. The summed E-state index contributed by atoms with van der Waals surface area (Å²) >= 11 is 11.9. The van der Waals surface area contributed by atoms with Gasteiger partial charge in [-0.25, -0.2) is 0 Å². The number of anilines is 1. The largest absolute Gasteiger partial charge is 0.452 e. The standard InChI is InChI=1S/C12H8Cl2N2O3/c13-8-5-7(16(17)18)6-9(14)12(8)19-11-4-2-1-3-10(11)15/h1-6H,15H2. The molecular formula is C12H8Cl2N2O3. The van der Waals surface area contributed by atoms with Crippen LogP contribution < -0.4 is 10.5 Å². The summed E-state index contributed by atoms with van der Waals surface area (Å²) in [5, 5.41) is 10.7. The molecule has 2 aromatic carbocycles. The van der Waals surface area contributed by atoms with Gasteiger partial charge in [0.15, 0.2) is 5.75 Å². The van der Waals surface area contributed by atoms with Crippen LogP contribution in [0.3, 0.4) is 0 Å². The van der Waals surface area contributed by atoms with Crippen molar-refractivity contribution in [1.29, 1.82) is 0 Å². The Morgan fingerprint density at radius 1 is 1.16 bits per heavy atom. The maximum absolute atomic E-state index is 10.7. The van der Waals surface area contributed by atoms with Gasteiger partial charge in [0, 0.05) is 12.1 Å². The zero-order valence-corrected chi connectivity index (χ0v) is 11.0. The minimum Gasteiger partial charge on any atom is -0.452 e. The quantitative estimate of drug-likeness (QED) is 0.521. The third-order valence-corrected chi connectivity index (χ3v) is 2.89. The first-order chi connectivity index (χ1) is 8.99. The molecule has 0 aliphatic carbocycles. The van der Waals surface area contributed by atoms with Gasteiger partial charge in [-0.05, 0) is 12.1 Å². The molecule has 0 fully saturated rings. The lowest BCUT2D eigenvalue weighted by molar-refractivity contribution is -0.384. The molecule has 2 aromatic rings. The van der Waals surface area contributed by atoms with Crippen molar-refractivity contribution >= 4 is 34.6 Å². The number of halogens is 2. The number of benzene rings is 2. The summed E-state index contributed by atoms with van der Waals surface area (Å²) in [6.45, 7) is 0. The molecule has 98 valence electrons. The Balaban J connectivity index is 2.42. The first kappa shape index (κ1) is 13.5. The van der Waals surface area contributed by atoms with E-state index in [-0.39, 0.29) is 21.5 Å². The number of nitro benzene ring substituents is 1. The van der Waals surface area contributed by atoms with Gasteiger partial charge >= 0.3 is 0 Å². The van der Waals surface area contributed by atoms with E-state index in [1.54, 1.807) is 24.3 Å². The molecule has 5 nitrogen and oxygen atoms in total. The topological polar surface area (TPSA) is 78.4 Å². The highest BCUT2D eigenvalue weighted by atomic mass is 35.5. The van der Waals surface area contributed by atoms with Crippen LogP contribution in [-0.2, 0) is 0 Å². The first-order valence-electron chi connectivity index (χ1n) is 5.15. The third kappa shape index (κ3) is 2.89. The predicted octanol–water partition coefficient (Wildman–Crippen LogP) is 4.28. The van der Waals surface area contributed by atoms with Crippen LogP contribution in [0.15, 0.2) is 36.4 Å². The number of para-hydroxylation sites is 2. The normalized spacial score (nSPS) is 10.2. The molecule has 0 saturated carbocycles. The van der Waals surface area contributed by atoms with Gasteiger partial charge in [-0.1, -0.05) is 35.3 Å². The summed E-state index contributed by atoms with van der Waals surface area (Å²) in [4.78, 5) is 10.1. The minimum absolute atomic E-state index is 0.0439. The van der Waals surface area contributed by atoms with Crippen molar-refractivity contribution in [2.24, 2.45) is 0 Å². The van der Waals surface area contributed by atoms with Crippen molar-refractivity contribution in [3.05, 3.63) is 56.6 Å². The fourth-order valence-corrected chi connectivity index (χ4v) is 1.99. The van der Waals surface area contributed by atoms with E-state index >= 15 is 0 Å². The minimum atomic E-state index is -0.585. The number of hydrogen-bond acceptors (Lipinski definition) is 4. The molecular weight excluding hydrogens is 291 g/mol. The molecule has 0 amide bonds. The predicted molar refractivity (Wildman–Crippen MR) is 74.0 cm³/mol. The second-order valence-corrected chi connectivity index (χ2v) is 4.45. The molecule has 0 bridgehead atoms. The van der Waals surface area contributed by atoms with Crippen molar-refractivity contribution in [3.8, 4) is 11.5 Å². The summed E-state index contributed by atoms with van der Waals surface area (Å²) < 4.78 is 5.49. The number of non-ortho nitro benzene ring substituents is 1.